The van der Waals surface area contributed by atoms with E-state index in [-0.39, 0.29) is 25.0 Å². The first-order valence-electron chi connectivity index (χ1n) is 10.4. The SMILES string of the molecule is Cc1noc(-c2cnc(C)nc2N2CCCC(C(=O)N(CCO)Cc3ccco3)C2)n1. The first kappa shape index (κ1) is 21.0. The lowest BCUT2D eigenvalue weighted by Gasteiger charge is -2.35. The van der Waals surface area contributed by atoms with E-state index in [0.29, 0.717) is 47.8 Å². The van der Waals surface area contributed by atoms with Gasteiger partial charge in [-0.05, 0) is 38.8 Å². The summed E-state index contributed by atoms with van der Waals surface area (Å²) in [5.74, 6) is 2.68. The van der Waals surface area contributed by atoms with E-state index in [1.54, 1.807) is 30.4 Å². The average molecular weight is 426 g/mol. The van der Waals surface area contributed by atoms with E-state index in [9.17, 15) is 9.90 Å². The smallest absolute Gasteiger partial charge is 0.263 e. The Morgan fingerprint density at radius 3 is 2.90 bits per heavy atom. The molecule has 0 saturated carbocycles. The number of rotatable bonds is 7. The van der Waals surface area contributed by atoms with Crippen molar-refractivity contribution in [1.82, 2.24) is 25.0 Å². The highest BCUT2D eigenvalue weighted by molar-refractivity contribution is 5.80. The zero-order valence-electron chi connectivity index (χ0n) is 17.7. The highest BCUT2D eigenvalue weighted by Gasteiger charge is 2.32. The molecule has 0 spiro atoms. The number of piperidine rings is 1. The Hall–Kier alpha value is -3.27. The van der Waals surface area contributed by atoms with Crippen LogP contribution in [0.25, 0.3) is 11.5 Å². The van der Waals surface area contributed by atoms with Crippen molar-refractivity contribution in [1.29, 1.82) is 0 Å². The minimum atomic E-state index is -0.220. The second-order valence-electron chi connectivity index (χ2n) is 7.65. The Labute approximate surface area is 179 Å². The fraction of sp³-hybridized carbons (Fsp3) is 0.476. The van der Waals surface area contributed by atoms with Gasteiger partial charge in [0.1, 0.15) is 23.0 Å². The largest absolute Gasteiger partial charge is 0.467 e. The molecule has 10 nitrogen and oxygen atoms in total. The fourth-order valence-electron chi connectivity index (χ4n) is 3.86. The lowest BCUT2D eigenvalue weighted by Crippen LogP contribution is -2.45. The topological polar surface area (TPSA) is 122 Å². The van der Waals surface area contributed by atoms with Gasteiger partial charge in [-0.2, -0.15) is 4.98 Å². The van der Waals surface area contributed by atoms with Crippen LogP contribution >= 0.6 is 0 Å². The zero-order chi connectivity index (χ0) is 21.8. The van der Waals surface area contributed by atoms with Crippen molar-refractivity contribution in [3.8, 4) is 11.5 Å². The molecule has 4 rings (SSSR count). The number of hydrogen-bond donors (Lipinski definition) is 1. The van der Waals surface area contributed by atoms with Gasteiger partial charge in [0.2, 0.25) is 5.91 Å². The number of aryl methyl sites for hydroxylation is 2. The predicted octanol–water partition coefficient (Wildman–Crippen LogP) is 1.97. The number of carbonyl (C=O) groups is 1. The maximum Gasteiger partial charge on any atom is 0.263 e. The number of aliphatic hydroxyl groups excluding tert-OH is 1. The number of nitrogens with zero attached hydrogens (tertiary/aromatic N) is 6. The van der Waals surface area contributed by atoms with Gasteiger partial charge < -0.3 is 23.8 Å². The molecule has 1 atom stereocenters. The van der Waals surface area contributed by atoms with Crippen molar-refractivity contribution in [2.75, 3.05) is 31.1 Å². The summed E-state index contributed by atoms with van der Waals surface area (Å²) in [6, 6.07) is 3.62. The van der Waals surface area contributed by atoms with E-state index in [2.05, 4.69) is 25.0 Å². The quantitative estimate of drug-likeness (QED) is 0.604. The second-order valence-corrected chi connectivity index (χ2v) is 7.65. The molecule has 1 aliphatic heterocycles. The van der Waals surface area contributed by atoms with Crippen LogP contribution in [-0.2, 0) is 11.3 Å². The zero-order valence-corrected chi connectivity index (χ0v) is 17.7. The van der Waals surface area contributed by atoms with Gasteiger partial charge in [-0.1, -0.05) is 5.16 Å². The molecule has 3 aromatic heterocycles. The van der Waals surface area contributed by atoms with Crippen molar-refractivity contribution in [2.45, 2.75) is 33.2 Å². The fourth-order valence-corrected chi connectivity index (χ4v) is 3.86. The van der Waals surface area contributed by atoms with Crippen LogP contribution in [-0.4, -0.2) is 62.3 Å². The van der Waals surface area contributed by atoms with Crippen LogP contribution in [0.4, 0.5) is 5.82 Å². The summed E-state index contributed by atoms with van der Waals surface area (Å²) in [6.45, 7) is 5.34. The van der Waals surface area contributed by atoms with Crippen molar-refractivity contribution in [3.63, 3.8) is 0 Å². The number of anilines is 1. The van der Waals surface area contributed by atoms with Crippen LogP contribution < -0.4 is 4.90 Å². The lowest BCUT2D eigenvalue weighted by molar-refractivity contribution is -0.137. The monoisotopic (exact) mass is 426 g/mol. The summed E-state index contributed by atoms with van der Waals surface area (Å²) in [4.78, 5) is 30.3. The van der Waals surface area contributed by atoms with Crippen molar-refractivity contribution in [2.24, 2.45) is 5.92 Å². The Balaban J connectivity index is 1.55. The van der Waals surface area contributed by atoms with Crippen molar-refractivity contribution in [3.05, 3.63) is 42.0 Å². The predicted molar refractivity (Wildman–Crippen MR) is 111 cm³/mol. The van der Waals surface area contributed by atoms with E-state index in [1.807, 2.05) is 13.0 Å². The van der Waals surface area contributed by atoms with E-state index >= 15 is 0 Å². The highest BCUT2D eigenvalue weighted by atomic mass is 16.5. The third-order valence-electron chi connectivity index (χ3n) is 5.33. The van der Waals surface area contributed by atoms with Gasteiger partial charge in [0, 0.05) is 25.8 Å². The van der Waals surface area contributed by atoms with Gasteiger partial charge in [0.15, 0.2) is 5.82 Å². The number of furan rings is 1. The molecule has 1 amide bonds. The van der Waals surface area contributed by atoms with E-state index in [4.69, 9.17) is 8.94 Å². The molecule has 0 radical (unpaired) electrons. The number of carbonyl (C=O) groups excluding carboxylic acids is 1. The number of hydrogen-bond acceptors (Lipinski definition) is 9. The summed E-state index contributed by atoms with van der Waals surface area (Å²) in [6.07, 6.45) is 4.88. The normalized spacial score (nSPS) is 16.5. The maximum absolute atomic E-state index is 13.3. The van der Waals surface area contributed by atoms with Crippen LogP contribution in [0.3, 0.4) is 0 Å². The van der Waals surface area contributed by atoms with E-state index in [0.717, 1.165) is 19.4 Å². The molecule has 1 saturated heterocycles. The van der Waals surface area contributed by atoms with Crippen molar-refractivity contribution < 1.29 is 18.8 Å². The van der Waals surface area contributed by atoms with Gasteiger partial charge in [-0.15, -0.1) is 0 Å². The van der Waals surface area contributed by atoms with Gasteiger partial charge in [-0.3, -0.25) is 4.79 Å². The molecule has 0 aromatic carbocycles. The number of aliphatic hydroxyl groups is 1. The molecule has 3 aromatic rings. The summed E-state index contributed by atoms with van der Waals surface area (Å²) in [5, 5.41) is 13.3. The molecule has 4 heterocycles. The summed E-state index contributed by atoms with van der Waals surface area (Å²) >= 11 is 0. The summed E-state index contributed by atoms with van der Waals surface area (Å²) in [7, 11) is 0. The summed E-state index contributed by atoms with van der Waals surface area (Å²) in [5.41, 5.74) is 0.655. The Morgan fingerprint density at radius 2 is 2.19 bits per heavy atom. The average Bonchev–Trinajstić information content (AvgIpc) is 3.45. The van der Waals surface area contributed by atoms with Gasteiger partial charge in [-0.25, -0.2) is 9.97 Å². The third-order valence-corrected chi connectivity index (χ3v) is 5.33. The molecule has 0 aliphatic carbocycles. The Bertz CT molecular complexity index is 1020. The molecular formula is C21H26N6O4. The van der Waals surface area contributed by atoms with Crippen LogP contribution in [0.15, 0.2) is 33.5 Å². The molecule has 1 fully saturated rings. The molecule has 1 N–H and O–H groups in total. The molecule has 10 heteroatoms. The van der Waals surface area contributed by atoms with Crippen LogP contribution in [0.5, 0.6) is 0 Å². The molecule has 164 valence electrons. The molecule has 0 bridgehead atoms. The Kier molecular flexibility index (Phi) is 6.26. The van der Waals surface area contributed by atoms with E-state index in [1.165, 1.54) is 0 Å². The van der Waals surface area contributed by atoms with Crippen LogP contribution in [0.1, 0.15) is 30.3 Å². The third kappa shape index (κ3) is 4.74. The van der Waals surface area contributed by atoms with Gasteiger partial charge in [0.25, 0.3) is 5.89 Å². The Morgan fingerprint density at radius 1 is 1.32 bits per heavy atom. The highest BCUT2D eigenvalue weighted by Crippen LogP contribution is 2.31. The molecule has 31 heavy (non-hydrogen) atoms. The maximum atomic E-state index is 13.3. The standard InChI is InChI=1S/C21H26N6O4/c1-14-22-11-18(20-24-15(2)25-31-20)19(23-14)26-7-3-5-16(12-26)21(29)27(8-9-28)13-17-6-4-10-30-17/h4,6,10-11,16,28H,3,5,7-9,12-13H2,1-2H3. The minimum absolute atomic E-state index is 0.00360. The molecule has 1 aliphatic rings. The first-order chi connectivity index (χ1) is 15.0. The van der Waals surface area contributed by atoms with Gasteiger partial charge in [0.05, 0.1) is 25.3 Å². The lowest BCUT2D eigenvalue weighted by atomic mass is 9.96. The molecule has 1 unspecified atom stereocenters. The van der Waals surface area contributed by atoms with E-state index < -0.39 is 0 Å². The van der Waals surface area contributed by atoms with Crippen LogP contribution in [0, 0.1) is 19.8 Å². The van der Waals surface area contributed by atoms with Crippen molar-refractivity contribution >= 4 is 11.7 Å². The second kappa shape index (κ2) is 9.25. The molecular weight excluding hydrogens is 400 g/mol. The van der Waals surface area contributed by atoms with Gasteiger partial charge >= 0.3 is 0 Å². The number of aromatic nitrogens is 4. The number of amides is 1. The first-order valence-corrected chi connectivity index (χ1v) is 10.4. The summed E-state index contributed by atoms with van der Waals surface area (Å²) < 4.78 is 10.7. The minimum Gasteiger partial charge on any atom is -0.467 e. The van der Waals surface area contributed by atoms with Crippen LogP contribution in [0.2, 0.25) is 0 Å².